The lowest BCUT2D eigenvalue weighted by Crippen LogP contribution is -2.37. The fourth-order valence-corrected chi connectivity index (χ4v) is 3.30. The summed E-state index contributed by atoms with van der Waals surface area (Å²) >= 11 is 0.942. The second kappa shape index (κ2) is 9.42. The number of aryl methyl sites for hydroxylation is 1. The molecule has 1 fully saturated rings. The Morgan fingerprint density at radius 2 is 1.92 bits per heavy atom. The number of hydrogen-bond donors (Lipinski definition) is 1. The highest BCUT2D eigenvalue weighted by Crippen LogP contribution is 2.31. The number of carbonyl (C=O) groups is 3. The lowest BCUT2D eigenvalue weighted by atomic mass is 10.1. The van der Waals surface area contributed by atoms with Gasteiger partial charge in [-0.15, -0.1) is 0 Å². The van der Waals surface area contributed by atoms with Crippen LogP contribution in [0.2, 0.25) is 0 Å². The van der Waals surface area contributed by atoms with Gasteiger partial charge in [0.2, 0.25) is 5.91 Å². The number of imide groups is 1. The fourth-order valence-electron chi connectivity index (χ4n) is 2.44. The van der Waals surface area contributed by atoms with Crippen molar-refractivity contribution in [3.8, 4) is 0 Å². The molecule has 1 aliphatic rings. The zero-order valence-electron chi connectivity index (χ0n) is 14.7. The average molecular weight is 360 g/mol. The fraction of sp³-hybridized carbons (Fsp3) is 0.421. The lowest BCUT2D eigenvalue weighted by Gasteiger charge is -2.12. The third-order valence-electron chi connectivity index (χ3n) is 3.91. The second-order valence-corrected chi connectivity index (χ2v) is 7.04. The molecule has 1 N–H and O–H groups in total. The van der Waals surface area contributed by atoms with Gasteiger partial charge < -0.3 is 5.32 Å². The molecule has 0 atom stereocenters. The molecule has 6 heteroatoms. The highest BCUT2D eigenvalue weighted by Gasteiger charge is 2.34. The minimum absolute atomic E-state index is 0.0318. The molecule has 1 aliphatic heterocycles. The molecule has 0 aromatic heterocycles. The summed E-state index contributed by atoms with van der Waals surface area (Å²) in [6.07, 6.45) is 5.18. The Morgan fingerprint density at radius 1 is 1.20 bits per heavy atom. The third-order valence-corrected chi connectivity index (χ3v) is 4.82. The molecule has 0 unspecified atom stereocenters. The molecule has 1 saturated heterocycles. The van der Waals surface area contributed by atoms with E-state index < -0.39 is 0 Å². The van der Waals surface area contributed by atoms with Crippen LogP contribution in [0.4, 0.5) is 4.79 Å². The highest BCUT2D eigenvalue weighted by atomic mass is 32.2. The molecule has 1 heterocycles. The minimum atomic E-state index is -0.296. The number of nitrogens with one attached hydrogen (secondary N) is 1. The SMILES string of the molecule is CCCCCC(=O)NCCN1C(=O)S/C(=C\c2ccc(C)cc2)C1=O. The van der Waals surface area contributed by atoms with Crippen molar-refractivity contribution >= 4 is 34.9 Å². The third kappa shape index (κ3) is 5.74. The van der Waals surface area contributed by atoms with Gasteiger partial charge in [0, 0.05) is 19.5 Å². The molecule has 0 aliphatic carbocycles. The minimum Gasteiger partial charge on any atom is -0.354 e. The van der Waals surface area contributed by atoms with E-state index in [1.807, 2.05) is 31.2 Å². The summed E-state index contributed by atoms with van der Waals surface area (Å²) in [7, 11) is 0. The summed E-state index contributed by atoms with van der Waals surface area (Å²) < 4.78 is 0. The number of rotatable bonds is 8. The van der Waals surface area contributed by atoms with Crippen molar-refractivity contribution in [3.63, 3.8) is 0 Å². The first-order valence-corrected chi connectivity index (χ1v) is 9.41. The lowest BCUT2D eigenvalue weighted by molar-refractivity contribution is -0.124. The zero-order valence-corrected chi connectivity index (χ0v) is 15.5. The van der Waals surface area contributed by atoms with Crippen molar-refractivity contribution in [2.24, 2.45) is 0 Å². The molecule has 25 heavy (non-hydrogen) atoms. The van der Waals surface area contributed by atoms with Crippen LogP contribution >= 0.6 is 11.8 Å². The quantitative estimate of drug-likeness (QED) is 0.567. The Balaban J connectivity index is 1.86. The normalized spacial score (nSPS) is 15.9. The first-order valence-electron chi connectivity index (χ1n) is 8.60. The van der Waals surface area contributed by atoms with E-state index in [0.717, 1.165) is 42.2 Å². The maximum Gasteiger partial charge on any atom is 0.293 e. The maximum absolute atomic E-state index is 12.4. The number of benzene rings is 1. The largest absolute Gasteiger partial charge is 0.354 e. The molecule has 0 spiro atoms. The number of carbonyl (C=O) groups excluding carboxylic acids is 3. The smallest absolute Gasteiger partial charge is 0.293 e. The van der Waals surface area contributed by atoms with Gasteiger partial charge in [-0.25, -0.2) is 0 Å². The summed E-state index contributed by atoms with van der Waals surface area (Å²) in [4.78, 5) is 37.7. The van der Waals surface area contributed by atoms with Gasteiger partial charge in [0.1, 0.15) is 0 Å². The van der Waals surface area contributed by atoms with Gasteiger partial charge in [0.05, 0.1) is 4.91 Å². The molecule has 2 rings (SSSR count). The van der Waals surface area contributed by atoms with E-state index in [9.17, 15) is 14.4 Å². The van der Waals surface area contributed by atoms with Gasteiger partial charge in [-0.1, -0.05) is 49.6 Å². The molecule has 0 saturated carbocycles. The summed E-state index contributed by atoms with van der Waals surface area (Å²) in [6, 6.07) is 7.76. The van der Waals surface area contributed by atoms with Gasteiger partial charge in [0.25, 0.3) is 11.1 Å². The molecule has 1 aromatic rings. The van der Waals surface area contributed by atoms with Crippen molar-refractivity contribution in [2.45, 2.75) is 39.5 Å². The van der Waals surface area contributed by atoms with Crippen molar-refractivity contribution in [2.75, 3.05) is 13.1 Å². The van der Waals surface area contributed by atoms with Gasteiger partial charge in [-0.2, -0.15) is 0 Å². The predicted octanol–water partition coefficient (Wildman–Crippen LogP) is 3.73. The maximum atomic E-state index is 12.4. The van der Waals surface area contributed by atoms with Gasteiger partial charge in [-0.3, -0.25) is 19.3 Å². The number of thioether (sulfide) groups is 1. The van der Waals surface area contributed by atoms with Crippen molar-refractivity contribution in [1.82, 2.24) is 10.2 Å². The van der Waals surface area contributed by atoms with E-state index in [-0.39, 0.29) is 23.6 Å². The van der Waals surface area contributed by atoms with Crippen LogP contribution < -0.4 is 5.32 Å². The molecular weight excluding hydrogens is 336 g/mol. The Morgan fingerprint density at radius 3 is 2.60 bits per heavy atom. The van der Waals surface area contributed by atoms with E-state index in [1.165, 1.54) is 4.90 Å². The summed E-state index contributed by atoms with van der Waals surface area (Å²) in [5.74, 6) is -0.327. The summed E-state index contributed by atoms with van der Waals surface area (Å²) in [5.41, 5.74) is 2.03. The van der Waals surface area contributed by atoms with Crippen LogP contribution in [0.15, 0.2) is 29.2 Å². The standard InChI is InChI=1S/C19H24N2O3S/c1-3-4-5-6-17(22)20-11-12-21-18(23)16(25-19(21)24)13-15-9-7-14(2)8-10-15/h7-10,13H,3-6,11-12H2,1-2H3,(H,20,22)/b16-13-. The Bertz CT molecular complexity index is 668. The van der Waals surface area contributed by atoms with Crippen molar-refractivity contribution in [3.05, 3.63) is 40.3 Å². The molecule has 0 bridgehead atoms. The van der Waals surface area contributed by atoms with E-state index in [0.29, 0.717) is 17.9 Å². The first-order chi connectivity index (χ1) is 12.0. The second-order valence-electron chi connectivity index (χ2n) is 6.05. The van der Waals surface area contributed by atoms with E-state index in [4.69, 9.17) is 0 Å². The summed E-state index contributed by atoms with van der Waals surface area (Å²) in [5, 5.41) is 2.48. The van der Waals surface area contributed by atoms with Gasteiger partial charge >= 0.3 is 0 Å². The highest BCUT2D eigenvalue weighted by molar-refractivity contribution is 8.18. The molecule has 5 nitrogen and oxygen atoms in total. The van der Waals surface area contributed by atoms with Crippen LogP contribution in [-0.4, -0.2) is 35.0 Å². The summed E-state index contributed by atoms with van der Waals surface area (Å²) in [6.45, 7) is 4.58. The average Bonchev–Trinajstić information content (AvgIpc) is 2.84. The topological polar surface area (TPSA) is 66.5 Å². The monoisotopic (exact) mass is 360 g/mol. The Labute approximate surface area is 152 Å². The van der Waals surface area contributed by atoms with Gasteiger partial charge in [0.15, 0.2) is 0 Å². The van der Waals surface area contributed by atoms with E-state index in [1.54, 1.807) is 6.08 Å². The van der Waals surface area contributed by atoms with Crippen LogP contribution in [0.3, 0.4) is 0 Å². The van der Waals surface area contributed by atoms with Gasteiger partial charge in [-0.05, 0) is 36.7 Å². The first kappa shape index (κ1) is 19.2. The van der Waals surface area contributed by atoms with Crippen LogP contribution in [0.1, 0.15) is 43.7 Å². The van der Waals surface area contributed by atoms with Crippen molar-refractivity contribution in [1.29, 1.82) is 0 Å². The van der Waals surface area contributed by atoms with Crippen LogP contribution in [0, 0.1) is 6.92 Å². The van der Waals surface area contributed by atoms with E-state index >= 15 is 0 Å². The Hall–Kier alpha value is -2.08. The molecule has 3 amide bonds. The molecule has 134 valence electrons. The van der Waals surface area contributed by atoms with E-state index in [2.05, 4.69) is 12.2 Å². The molecular formula is C19H24N2O3S. The number of hydrogen-bond acceptors (Lipinski definition) is 4. The number of amides is 3. The predicted molar refractivity (Wildman–Crippen MR) is 101 cm³/mol. The van der Waals surface area contributed by atoms with Crippen molar-refractivity contribution < 1.29 is 14.4 Å². The van der Waals surface area contributed by atoms with Crippen LogP contribution in [0.5, 0.6) is 0 Å². The number of nitrogens with zero attached hydrogens (tertiary/aromatic N) is 1. The van der Waals surface area contributed by atoms with Crippen LogP contribution in [-0.2, 0) is 9.59 Å². The Kier molecular flexibility index (Phi) is 7.25. The number of unbranched alkanes of at least 4 members (excludes halogenated alkanes) is 2. The molecule has 0 radical (unpaired) electrons. The zero-order chi connectivity index (χ0) is 18.2. The van der Waals surface area contributed by atoms with Crippen LogP contribution in [0.25, 0.3) is 6.08 Å². The molecule has 1 aromatic carbocycles.